The van der Waals surface area contributed by atoms with Crippen LogP contribution >= 0.6 is 0 Å². The van der Waals surface area contributed by atoms with Gasteiger partial charge < -0.3 is 15.5 Å². The molecule has 142 valence electrons. The van der Waals surface area contributed by atoms with E-state index in [1.807, 2.05) is 0 Å². The summed E-state index contributed by atoms with van der Waals surface area (Å²) < 4.78 is 0. The molecule has 1 aromatic carbocycles. The Labute approximate surface area is 154 Å². The maximum atomic E-state index is 4.73. The Hall–Kier alpha value is -1.75. The molecule has 0 unspecified atom stereocenters. The number of anilines is 1. The molecule has 0 fully saturated rings. The summed E-state index contributed by atoms with van der Waals surface area (Å²) in [5.41, 5.74) is 2.42. The lowest BCUT2D eigenvalue weighted by Crippen LogP contribution is -2.45. The molecule has 5 heteroatoms. The zero-order valence-corrected chi connectivity index (χ0v) is 17.1. The van der Waals surface area contributed by atoms with Crippen LogP contribution in [0.15, 0.2) is 29.3 Å². The molecular weight excluding hydrogens is 310 g/mol. The van der Waals surface area contributed by atoms with E-state index in [0.29, 0.717) is 18.6 Å². The summed E-state index contributed by atoms with van der Waals surface area (Å²) >= 11 is 0. The van der Waals surface area contributed by atoms with Crippen molar-refractivity contribution in [2.24, 2.45) is 4.99 Å². The van der Waals surface area contributed by atoms with Crippen molar-refractivity contribution in [2.45, 2.75) is 53.2 Å². The summed E-state index contributed by atoms with van der Waals surface area (Å²) in [4.78, 5) is 9.33. The van der Waals surface area contributed by atoms with Crippen molar-refractivity contribution in [1.82, 2.24) is 15.5 Å². The van der Waals surface area contributed by atoms with Crippen LogP contribution in [0.5, 0.6) is 0 Å². The topological polar surface area (TPSA) is 42.9 Å². The van der Waals surface area contributed by atoms with Gasteiger partial charge in [0.05, 0.1) is 6.54 Å². The Balaban J connectivity index is 2.63. The zero-order chi connectivity index (χ0) is 18.8. The third-order valence-electron chi connectivity index (χ3n) is 4.18. The van der Waals surface area contributed by atoms with E-state index in [1.165, 1.54) is 11.3 Å². The molecule has 1 rings (SSSR count). The minimum absolute atomic E-state index is 0.551. The first kappa shape index (κ1) is 21.3. The highest BCUT2D eigenvalue weighted by Gasteiger charge is 2.12. The number of rotatable bonds is 9. The molecule has 0 saturated heterocycles. The number of nitrogens with one attached hydrogen (secondary N) is 2. The van der Waals surface area contributed by atoms with E-state index in [4.69, 9.17) is 4.99 Å². The van der Waals surface area contributed by atoms with Crippen LogP contribution in [0.4, 0.5) is 5.69 Å². The maximum absolute atomic E-state index is 4.73. The zero-order valence-electron chi connectivity index (χ0n) is 17.1. The van der Waals surface area contributed by atoms with Gasteiger partial charge in [0.2, 0.25) is 0 Å². The predicted molar refractivity (Wildman–Crippen MR) is 111 cm³/mol. The highest BCUT2D eigenvalue weighted by Crippen LogP contribution is 2.13. The standard InChI is InChI=1S/C20H37N5/c1-8-21-20(22-12-13-25(16(2)3)17(4)5)23-15-18-10-9-11-19(14-18)24(6)7/h9-11,14,16-17H,8,12-13,15H2,1-7H3,(H2,21,22,23). The lowest BCUT2D eigenvalue weighted by Gasteiger charge is -2.30. The van der Waals surface area contributed by atoms with Crippen LogP contribution in [-0.4, -0.2) is 56.7 Å². The second-order valence-electron chi connectivity index (χ2n) is 7.11. The van der Waals surface area contributed by atoms with Gasteiger partial charge in [-0.1, -0.05) is 12.1 Å². The molecule has 0 aliphatic rings. The molecule has 25 heavy (non-hydrogen) atoms. The van der Waals surface area contributed by atoms with Gasteiger partial charge in [-0.25, -0.2) is 4.99 Å². The second-order valence-corrected chi connectivity index (χ2v) is 7.11. The first-order valence-corrected chi connectivity index (χ1v) is 9.39. The van der Waals surface area contributed by atoms with Crippen molar-refractivity contribution in [1.29, 1.82) is 0 Å². The molecule has 0 aromatic heterocycles. The van der Waals surface area contributed by atoms with Crippen LogP contribution in [0.25, 0.3) is 0 Å². The van der Waals surface area contributed by atoms with Crippen molar-refractivity contribution >= 4 is 11.6 Å². The van der Waals surface area contributed by atoms with Crippen LogP contribution in [0, 0.1) is 0 Å². The summed E-state index contributed by atoms with van der Waals surface area (Å²) in [7, 11) is 4.12. The highest BCUT2D eigenvalue weighted by molar-refractivity contribution is 5.79. The largest absolute Gasteiger partial charge is 0.378 e. The summed E-state index contributed by atoms with van der Waals surface area (Å²) in [6.45, 7) is 14.5. The van der Waals surface area contributed by atoms with Gasteiger partial charge in [0.25, 0.3) is 0 Å². The number of hydrogen-bond donors (Lipinski definition) is 2. The molecule has 2 N–H and O–H groups in total. The van der Waals surface area contributed by atoms with E-state index < -0.39 is 0 Å². The van der Waals surface area contributed by atoms with E-state index in [0.717, 1.165) is 25.6 Å². The molecule has 0 bridgehead atoms. The molecule has 0 saturated carbocycles. The van der Waals surface area contributed by atoms with Crippen molar-refractivity contribution in [2.75, 3.05) is 38.6 Å². The molecule has 1 aromatic rings. The minimum atomic E-state index is 0.551. The van der Waals surface area contributed by atoms with E-state index in [2.05, 4.69) is 93.4 Å². The molecule has 0 radical (unpaired) electrons. The van der Waals surface area contributed by atoms with Crippen LogP contribution in [-0.2, 0) is 6.54 Å². The summed E-state index contributed by atoms with van der Waals surface area (Å²) in [5, 5.41) is 6.79. The van der Waals surface area contributed by atoms with Gasteiger partial charge in [-0.15, -0.1) is 0 Å². The van der Waals surface area contributed by atoms with Gasteiger partial charge in [0.15, 0.2) is 5.96 Å². The molecule has 0 spiro atoms. The quantitative estimate of drug-likeness (QED) is 0.532. The van der Waals surface area contributed by atoms with Gasteiger partial charge in [0, 0.05) is 51.5 Å². The molecule has 0 heterocycles. The van der Waals surface area contributed by atoms with Crippen molar-refractivity contribution < 1.29 is 0 Å². The van der Waals surface area contributed by atoms with Crippen molar-refractivity contribution in [3.63, 3.8) is 0 Å². The van der Waals surface area contributed by atoms with Crippen molar-refractivity contribution in [3.8, 4) is 0 Å². The van der Waals surface area contributed by atoms with E-state index in [1.54, 1.807) is 0 Å². The van der Waals surface area contributed by atoms with Gasteiger partial charge >= 0.3 is 0 Å². The van der Waals surface area contributed by atoms with Gasteiger partial charge in [0.1, 0.15) is 0 Å². The van der Waals surface area contributed by atoms with Crippen LogP contribution in [0.3, 0.4) is 0 Å². The molecule has 0 aliphatic heterocycles. The SMILES string of the molecule is CCNC(=NCc1cccc(N(C)C)c1)NCCN(C(C)C)C(C)C. The number of aliphatic imine (C=N–C) groups is 1. The van der Waals surface area contributed by atoms with Crippen LogP contribution < -0.4 is 15.5 Å². The van der Waals surface area contributed by atoms with E-state index >= 15 is 0 Å². The smallest absolute Gasteiger partial charge is 0.191 e. The molecule has 0 aliphatic carbocycles. The summed E-state index contributed by atoms with van der Waals surface area (Å²) in [6, 6.07) is 9.61. The van der Waals surface area contributed by atoms with Gasteiger partial charge in [-0.2, -0.15) is 0 Å². The van der Waals surface area contributed by atoms with Gasteiger partial charge in [-0.3, -0.25) is 4.90 Å². The Bertz CT molecular complexity index is 515. The Morgan fingerprint density at radius 3 is 2.32 bits per heavy atom. The van der Waals surface area contributed by atoms with Crippen LogP contribution in [0.2, 0.25) is 0 Å². The lowest BCUT2D eigenvalue weighted by atomic mass is 10.2. The third-order valence-corrected chi connectivity index (χ3v) is 4.18. The lowest BCUT2D eigenvalue weighted by molar-refractivity contribution is 0.178. The molecule has 0 amide bonds. The molecule has 0 atom stereocenters. The van der Waals surface area contributed by atoms with Gasteiger partial charge in [-0.05, 0) is 52.3 Å². The Morgan fingerprint density at radius 1 is 1.08 bits per heavy atom. The third kappa shape index (κ3) is 7.78. The summed E-state index contributed by atoms with van der Waals surface area (Å²) in [5.74, 6) is 0.880. The summed E-state index contributed by atoms with van der Waals surface area (Å²) in [6.07, 6.45) is 0. The maximum Gasteiger partial charge on any atom is 0.191 e. The van der Waals surface area contributed by atoms with Crippen LogP contribution in [0.1, 0.15) is 40.2 Å². The first-order valence-electron chi connectivity index (χ1n) is 9.39. The fraction of sp³-hybridized carbons (Fsp3) is 0.650. The number of nitrogens with zero attached hydrogens (tertiary/aromatic N) is 3. The average Bonchev–Trinajstić information content (AvgIpc) is 2.55. The molecular formula is C20H37N5. The fourth-order valence-electron chi connectivity index (χ4n) is 2.86. The van der Waals surface area contributed by atoms with E-state index in [-0.39, 0.29) is 0 Å². The first-order chi connectivity index (χ1) is 11.8. The Kier molecular flexibility index (Phi) is 9.35. The Morgan fingerprint density at radius 2 is 1.76 bits per heavy atom. The normalized spacial score (nSPS) is 12.2. The minimum Gasteiger partial charge on any atom is -0.378 e. The van der Waals surface area contributed by atoms with Crippen molar-refractivity contribution in [3.05, 3.63) is 29.8 Å². The number of benzene rings is 1. The molecule has 5 nitrogen and oxygen atoms in total. The number of hydrogen-bond acceptors (Lipinski definition) is 3. The highest BCUT2D eigenvalue weighted by atomic mass is 15.2. The average molecular weight is 348 g/mol. The number of guanidine groups is 1. The predicted octanol–water partition coefficient (Wildman–Crippen LogP) is 2.93. The monoisotopic (exact) mass is 347 g/mol. The second kappa shape index (κ2) is 11.0. The van der Waals surface area contributed by atoms with E-state index in [9.17, 15) is 0 Å². The fourth-order valence-corrected chi connectivity index (χ4v) is 2.86.